The minimum absolute atomic E-state index is 0.114. The SMILES string of the molecule is Cc1cc(OC/C=C(\c2ccc(I)cc2)c2cccc(C(F)(F)F)c2)ccc1OC(C)C(=O)O. The molecule has 0 heterocycles. The molecule has 1 N–H and O–H groups in total. The standard InChI is InChI=1S/C26H22F3IO4/c1-16-14-22(10-11-24(16)34-17(2)25(31)32)33-13-12-23(18-6-8-21(30)9-7-18)19-4-3-5-20(15-19)26(27,28)29/h3-12,14-15,17H,13H2,1-2H3,(H,31,32)/b23-12+. The lowest BCUT2D eigenvalue weighted by atomic mass is 9.96. The number of hydrogen-bond acceptors (Lipinski definition) is 3. The van der Waals surface area contributed by atoms with Crippen molar-refractivity contribution in [2.75, 3.05) is 6.61 Å². The van der Waals surface area contributed by atoms with Crippen molar-refractivity contribution in [3.63, 3.8) is 0 Å². The summed E-state index contributed by atoms with van der Waals surface area (Å²) in [4.78, 5) is 11.0. The van der Waals surface area contributed by atoms with Crippen molar-refractivity contribution in [3.05, 3.63) is 98.6 Å². The van der Waals surface area contributed by atoms with Crippen molar-refractivity contribution in [2.24, 2.45) is 0 Å². The second-order valence-corrected chi connectivity index (χ2v) is 8.79. The quantitative estimate of drug-likeness (QED) is 0.291. The minimum atomic E-state index is -4.44. The van der Waals surface area contributed by atoms with Crippen molar-refractivity contribution in [3.8, 4) is 11.5 Å². The Morgan fingerprint density at radius 2 is 1.76 bits per heavy atom. The van der Waals surface area contributed by atoms with E-state index in [0.717, 1.165) is 21.3 Å². The average Bonchev–Trinajstić information content (AvgIpc) is 2.78. The van der Waals surface area contributed by atoms with Crippen LogP contribution in [0.1, 0.15) is 29.2 Å². The fourth-order valence-corrected chi connectivity index (χ4v) is 3.56. The van der Waals surface area contributed by atoms with Gasteiger partial charge < -0.3 is 14.6 Å². The van der Waals surface area contributed by atoms with Gasteiger partial charge in [0.05, 0.1) is 5.56 Å². The van der Waals surface area contributed by atoms with Crippen LogP contribution >= 0.6 is 22.6 Å². The third-order valence-electron chi connectivity index (χ3n) is 4.99. The Bertz CT molecular complexity index is 1190. The lowest BCUT2D eigenvalue weighted by Crippen LogP contribution is -2.23. The summed E-state index contributed by atoms with van der Waals surface area (Å²) in [6, 6.07) is 17.7. The molecule has 0 radical (unpaired) electrons. The van der Waals surface area contributed by atoms with Gasteiger partial charge in [0.1, 0.15) is 18.1 Å². The molecule has 0 aliphatic rings. The van der Waals surface area contributed by atoms with E-state index in [4.69, 9.17) is 14.6 Å². The number of halogens is 4. The summed E-state index contributed by atoms with van der Waals surface area (Å²) in [5, 5.41) is 9.00. The lowest BCUT2D eigenvalue weighted by molar-refractivity contribution is -0.144. The number of alkyl halides is 3. The third kappa shape index (κ3) is 6.75. The molecule has 8 heteroatoms. The first-order chi connectivity index (χ1) is 16.0. The average molecular weight is 582 g/mol. The van der Waals surface area contributed by atoms with Crippen LogP contribution in [0.5, 0.6) is 11.5 Å². The highest BCUT2D eigenvalue weighted by atomic mass is 127. The molecule has 0 bridgehead atoms. The fraction of sp³-hybridized carbons (Fsp3) is 0.192. The van der Waals surface area contributed by atoms with Gasteiger partial charge in [0.2, 0.25) is 0 Å². The summed E-state index contributed by atoms with van der Waals surface area (Å²) in [7, 11) is 0. The maximum absolute atomic E-state index is 13.3. The van der Waals surface area contributed by atoms with Gasteiger partial charge in [-0.15, -0.1) is 0 Å². The zero-order valence-electron chi connectivity index (χ0n) is 18.4. The van der Waals surface area contributed by atoms with Crippen molar-refractivity contribution < 1.29 is 32.5 Å². The van der Waals surface area contributed by atoms with Gasteiger partial charge in [0.15, 0.2) is 6.10 Å². The number of aryl methyl sites for hydroxylation is 1. The maximum atomic E-state index is 13.3. The van der Waals surface area contributed by atoms with E-state index in [0.29, 0.717) is 28.2 Å². The first-order valence-corrected chi connectivity index (χ1v) is 11.4. The van der Waals surface area contributed by atoms with E-state index >= 15 is 0 Å². The first kappa shape index (κ1) is 25.6. The topological polar surface area (TPSA) is 55.8 Å². The predicted octanol–water partition coefficient (Wildman–Crippen LogP) is 6.98. The van der Waals surface area contributed by atoms with Gasteiger partial charge in [-0.05, 0) is 107 Å². The molecule has 0 saturated heterocycles. The molecule has 3 aromatic carbocycles. The van der Waals surface area contributed by atoms with Gasteiger partial charge in [-0.1, -0.05) is 24.3 Å². The Hall–Kier alpha value is -3.01. The molecule has 0 aliphatic carbocycles. The van der Waals surface area contributed by atoms with Crippen molar-refractivity contribution in [1.29, 1.82) is 0 Å². The number of benzene rings is 3. The van der Waals surface area contributed by atoms with Crippen LogP contribution in [0.25, 0.3) is 5.57 Å². The first-order valence-electron chi connectivity index (χ1n) is 10.3. The molecule has 0 aliphatic heterocycles. The molecular weight excluding hydrogens is 560 g/mol. The number of ether oxygens (including phenoxy) is 2. The summed E-state index contributed by atoms with van der Waals surface area (Å²) >= 11 is 2.17. The van der Waals surface area contributed by atoms with Crippen LogP contribution in [-0.2, 0) is 11.0 Å². The zero-order chi connectivity index (χ0) is 24.9. The molecule has 34 heavy (non-hydrogen) atoms. The van der Waals surface area contributed by atoms with E-state index < -0.39 is 23.8 Å². The molecule has 0 spiro atoms. The van der Waals surface area contributed by atoms with Gasteiger partial charge in [-0.2, -0.15) is 13.2 Å². The Morgan fingerprint density at radius 1 is 1.06 bits per heavy atom. The predicted molar refractivity (Wildman–Crippen MR) is 132 cm³/mol. The normalized spacial score (nSPS) is 12.8. The van der Waals surface area contributed by atoms with Crippen LogP contribution in [-0.4, -0.2) is 23.8 Å². The van der Waals surface area contributed by atoms with E-state index in [9.17, 15) is 18.0 Å². The molecule has 0 amide bonds. The lowest BCUT2D eigenvalue weighted by Gasteiger charge is -2.15. The molecule has 1 unspecified atom stereocenters. The van der Waals surface area contributed by atoms with Crippen molar-refractivity contribution >= 4 is 34.1 Å². The zero-order valence-corrected chi connectivity index (χ0v) is 20.6. The Morgan fingerprint density at radius 3 is 2.38 bits per heavy atom. The van der Waals surface area contributed by atoms with Crippen molar-refractivity contribution in [1.82, 2.24) is 0 Å². The highest BCUT2D eigenvalue weighted by molar-refractivity contribution is 14.1. The fourth-order valence-electron chi connectivity index (χ4n) is 3.20. The number of carboxylic acid groups (broad SMARTS) is 1. The van der Waals surface area contributed by atoms with Crippen LogP contribution in [0, 0.1) is 10.5 Å². The van der Waals surface area contributed by atoms with Gasteiger partial charge in [-0.3, -0.25) is 0 Å². The van der Waals surface area contributed by atoms with Crippen LogP contribution in [0.15, 0.2) is 72.8 Å². The highest BCUT2D eigenvalue weighted by Gasteiger charge is 2.30. The summed E-state index contributed by atoms with van der Waals surface area (Å²) in [5.41, 5.74) is 1.80. The van der Waals surface area contributed by atoms with Crippen molar-refractivity contribution in [2.45, 2.75) is 26.1 Å². The highest BCUT2D eigenvalue weighted by Crippen LogP contribution is 2.33. The number of hydrogen-bond donors (Lipinski definition) is 1. The Balaban J connectivity index is 1.85. The molecule has 178 valence electrons. The number of rotatable bonds is 8. The summed E-state index contributed by atoms with van der Waals surface area (Å²) < 4.78 is 52.0. The van der Waals surface area contributed by atoms with Gasteiger partial charge in [0, 0.05) is 3.57 Å². The molecule has 4 nitrogen and oxygen atoms in total. The summed E-state index contributed by atoms with van der Waals surface area (Å²) in [6.45, 7) is 3.33. The number of carboxylic acids is 1. The largest absolute Gasteiger partial charge is 0.489 e. The van der Waals surface area contributed by atoms with E-state index in [1.165, 1.54) is 13.0 Å². The van der Waals surface area contributed by atoms with E-state index in [2.05, 4.69) is 22.6 Å². The molecule has 3 rings (SSSR count). The second-order valence-electron chi connectivity index (χ2n) is 7.54. The minimum Gasteiger partial charge on any atom is -0.489 e. The summed E-state index contributed by atoms with van der Waals surface area (Å²) in [6.07, 6.45) is -3.69. The number of carbonyl (C=O) groups is 1. The molecule has 0 saturated carbocycles. The molecule has 3 aromatic rings. The summed E-state index contributed by atoms with van der Waals surface area (Å²) in [5.74, 6) is -0.112. The number of aliphatic carboxylic acids is 1. The second kappa shape index (κ2) is 10.9. The van der Waals surface area contributed by atoms with Gasteiger partial charge >= 0.3 is 12.1 Å². The van der Waals surface area contributed by atoms with Crippen LogP contribution in [0.4, 0.5) is 13.2 Å². The van der Waals surface area contributed by atoms with E-state index in [-0.39, 0.29) is 6.61 Å². The molecule has 0 fully saturated rings. The Labute approximate surface area is 209 Å². The Kier molecular flexibility index (Phi) is 8.24. The monoisotopic (exact) mass is 582 g/mol. The smallest absolute Gasteiger partial charge is 0.416 e. The van der Waals surface area contributed by atoms with E-state index in [1.807, 2.05) is 24.3 Å². The van der Waals surface area contributed by atoms with E-state index in [1.54, 1.807) is 37.3 Å². The van der Waals surface area contributed by atoms with Crippen LogP contribution in [0.2, 0.25) is 0 Å². The van der Waals surface area contributed by atoms with Gasteiger partial charge in [0.25, 0.3) is 0 Å². The van der Waals surface area contributed by atoms with Crippen LogP contribution < -0.4 is 9.47 Å². The molecular formula is C26H22F3IO4. The third-order valence-corrected chi connectivity index (χ3v) is 5.71. The van der Waals surface area contributed by atoms with Crippen LogP contribution in [0.3, 0.4) is 0 Å². The maximum Gasteiger partial charge on any atom is 0.416 e. The molecule has 1 atom stereocenters. The van der Waals surface area contributed by atoms with Gasteiger partial charge in [-0.25, -0.2) is 4.79 Å². The molecule has 0 aromatic heterocycles.